The van der Waals surface area contributed by atoms with Gasteiger partial charge >= 0.3 is 0 Å². The first-order valence-corrected chi connectivity index (χ1v) is 9.00. The molecule has 1 aromatic carbocycles. The molecule has 0 aliphatic rings. The Kier molecular flexibility index (Phi) is 9.46. The van der Waals surface area contributed by atoms with Crippen molar-refractivity contribution in [2.75, 3.05) is 43.4 Å². The number of hydrogen-bond donors (Lipinski definition) is 1. The fourth-order valence-electron chi connectivity index (χ4n) is 2.78. The highest BCUT2D eigenvalue weighted by atomic mass is 15.2. The van der Waals surface area contributed by atoms with E-state index in [0.29, 0.717) is 0 Å². The third kappa shape index (κ3) is 8.08. The van der Waals surface area contributed by atoms with Crippen molar-refractivity contribution in [1.29, 1.82) is 0 Å². The summed E-state index contributed by atoms with van der Waals surface area (Å²) < 4.78 is 0. The molecule has 0 aliphatic heterocycles. The zero-order chi connectivity index (χ0) is 17.1. The maximum atomic E-state index is 5.78. The predicted molar refractivity (Wildman–Crippen MR) is 104 cm³/mol. The Morgan fingerprint density at radius 2 is 1.78 bits per heavy atom. The lowest BCUT2D eigenvalue weighted by Gasteiger charge is -2.28. The second kappa shape index (κ2) is 11.1. The molecule has 130 valence electrons. The first-order chi connectivity index (χ1) is 11.1. The standard InChI is InChI=1S/C20H35N3/c1-5-14-22(15-8-7-9-18(3)4)16-17-23(6-2)20-12-10-19(21)11-13-20/h5,10-13,18H,1,6-9,14-17,21H2,2-4H3. The maximum Gasteiger partial charge on any atom is 0.0368 e. The summed E-state index contributed by atoms with van der Waals surface area (Å²) in [6.07, 6.45) is 5.94. The van der Waals surface area contributed by atoms with Gasteiger partial charge in [0, 0.05) is 37.6 Å². The van der Waals surface area contributed by atoms with Crippen LogP contribution in [0.5, 0.6) is 0 Å². The zero-order valence-electron chi connectivity index (χ0n) is 15.3. The Balaban J connectivity index is 2.44. The van der Waals surface area contributed by atoms with E-state index in [-0.39, 0.29) is 0 Å². The van der Waals surface area contributed by atoms with Gasteiger partial charge in [0.1, 0.15) is 0 Å². The van der Waals surface area contributed by atoms with Crippen LogP contribution in [-0.4, -0.2) is 37.6 Å². The predicted octanol–water partition coefficient (Wildman–Crippen LogP) is 4.41. The van der Waals surface area contributed by atoms with Crippen LogP contribution in [0.1, 0.15) is 40.0 Å². The number of nitrogen functional groups attached to an aromatic ring is 1. The number of nitrogens with two attached hydrogens (primary N) is 1. The van der Waals surface area contributed by atoms with Gasteiger partial charge < -0.3 is 10.6 Å². The van der Waals surface area contributed by atoms with Gasteiger partial charge in [0.05, 0.1) is 0 Å². The lowest BCUT2D eigenvalue weighted by atomic mass is 10.1. The molecule has 3 nitrogen and oxygen atoms in total. The monoisotopic (exact) mass is 317 g/mol. The van der Waals surface area contributed by atoms with Gasteiger partial charge in [-0.1, -0.05) is 32.8 Å². The van der Waals surface area contributed by atoms with Crippen molar-refractivity contribution in [1.82, 2.24) is 4.90 Å². The molecule has 0 aromatic heterocycles. The number of anilines is 2. The van der Waals surface area contributed by atoms with Crippen LogP contribution >= 0.6 is 0 Å². The molecule has 0 aliphatic carbocycles. The molecule has 0 amide bonds. The number of benzene rings is 1. The molecule has 0 saturated carbocycles. The molecule has 2 N–H and O–H groups in total. The fraction of sp³-hybridized carbons (Fsp3) is 0.600. The van der Waals surface area contributed by atoms with Crippen molar-refractivity contribution in [3.63, 3.8) is 0 Å². The van der Waals surface area contributed by atoms with Crippen LogP contribution in [0.4, 0.5) is 11.4 Å². The van der Waals surface area contributed by atoms with Gasteiger partial charge in [-0.25, -0.2) is 0 Å². The Morgan fingerprint density at radius 3 is 2.35 bits per heavy atom. The first kappa shape index (κ1) is 19.6. The van der Waals surface area contributed by atoms with E-state index < -0.39 is 0 Å². The highest BCUT2D eigenvalue weighted by molar-refractivity contribution is 5.53. The lowest BCUT2D eigenvalue weighted by molar-refractivity contribution is 0.297. The topological polar surface area (TPSA) is 32.5 Å². The molecule has 0 atom stereocenters. The SMILES string of the molecule is C=CCN(CCCCC(C)C)CCN(CC)c1ccc(N)cc1. The van der Waals surface area contributed by atoms with E-state index in [9.17, 15) is 0 Å². The molecule has 1 rings (SSSR count). The number of likely N-dealkylation sites (N-methyl/N-ethyl adjacent to an activating group) is 1. The number of nitrogens with zero attached hydrogens (tertiary/aromatic N) is 2. The quantitative estimate of drug-likeness (QED) is 0.352. The van der Waals surface area contributed by atoms with Gasteiger partial charge in [0.25, 0.3) is 0 Å². The summed E-state index contributed by atoms with van der Waals surface area (Å²) in [5, 5.41) is 0. The third-order valence-electron chi connectivity index (χ3n) is 4.22. The van der Waals surface area contributed by atoms with Crippen molar-refractivity contribution in [3.05, 3.63) is 36.9 Å². The Labute approximate surface area is 143 Å². The molecule has 1 aromatic rings. The smallest absolute Gasteiger partial charge is 0.0368 e. The van der Waals surface area contributed by atoms with Gasteiger partial charge in [-0.3, -0.25) is 4.90 Å². The van der Waals surface area contributed by atoms with Crippen LogP contribution in [0.15, 0.2) is 36.9 Å². The minimum Gasteiger partial charge on any atom is -0.399 e. The molecule has 0 fully saturated rings. The molecule has 0 bridgehead atoms. The lowest BCUT2D eigenvalue weighted by Crippen LogP contribution is -2.36. The average Bonchev–Trinajstić information content (AvgIpc) is 2.53. The van der Waals surface area contributed by atoms with E-state index in [0.717, 1.165) is 44.3 Å². The minimum absolute atomic E-state index is 0.809. The zero-order valence-corrected chi connectivity index (χ0v) is 15.3. The summed E-state index contributed by atoms with van der Waals surface area (Å²) in [6, 6.07) is 8.18. The van der Waals surface area contributed by atoms with E-state index in [1.807, 2.05) is 18.2 Å². The van der Waals surface area contributed by atoms with E-state index in [2.05, 4.69) is 49.3 Å². The second-order valence-electron chi connectivity index (χ2n) is 6.65. The van der Waals surface area contributed by atoms with E-state index in [1.165, 1.54) is 24.9 Å². The average molecular weight is 318 g/mol. The maximum absolute atomic E-state index is 5.78. The van der Waals surface area contributed by atoms with Crippen molar-refractivity contribution < 1.29 is 0 Å². The van der Waals surface area contributed by atoms with Crippen LogP contribution < -0.4 is 10.6 Å². The fourth-order valence-corrected chi connectivity index (χ4v) is 2.78. The molecular formula is C20H35N3. The molecule has 0 spiro atoms. The number of hydrogen-bond acceptors (Lipinski definition) is 3. The van der Waals surface area contributed by atoms with Crippen LogP contribution in [-0.2, 0) is 0 Å². The molecular weight excluding hydrogens is 282 g/mol. The van der Waals surface area contributed by atoms with Gasteiger partial charge in [0.15, 0.2) is 0 Å². The Hall–Kier alpha value is -1.48. The van der Waals surface area contributed by atoms with Crippen molar-refractivity contribution in [2.45, 2.75) is 40.0 Å². The molecule has 0 radical (unpaired) electrons. The van der Waals surface area contributed by atoms with Gasteiger partial charge in [-0.15, -0.1) is 6.58 Å². The molecule has 23 heavy (non-hydrogen) atoms. The van der Waals surface area contributed by atoms with Crippen LogP contribution in [0.3, 0.4) is 0 Å². The Bertz CT molecular complexity index is 425. The summed E-state index contributed by atoms with van der Waals surface area (Å²) in [6.45, 7) is 16.0. The van der Waals surface area contributed by atoms with Crippen molar-refractivity contribution >= 4 is 11.4 Å². The second-order valence-corrected chi connectivity index (χ2v) is 6.65. The van der Waals surface area contributed by atoms with E-state index in [1.54, 1.807) is 0 Å². The highest BCUT2D eigenvalue weighted by Gasteiger charge is 2.08. The third-order valence-corrected chi connectivity index (χ3v) is 4.22. The highest BCUT2D eigenvalue weighted by Crippen LogP contribution is 2.16. The van der Waals surface area contributed by atoms with Crippen LogP contribution in [0.25, 0.3) is 0 Å². The van der Waals surface area contributed by atoms with Gasteiger partial charge in [-0.2, -0.15) is 0 Å². The van der Waals surface area contributed by atoms with Crippen molar-refractivity contribution in [3.8, 4) is 0 Å². The first-order valence-electron chi connectivity index (χ1n) is 9.00. The molecule has 0 heterocycles. The van der Waals surface area contributed by atoms with Gasteiger partial charge in [0.2, 0.25) is 0 Å². The van der Waals surface area contributed by atoms with E-state index >= 15 is 0 Å². The Morgan fingerprint density at radius 1 is 1.09 bits per heavy atom. The molecule has 3 heteroatoms. The van der Waals surface area contributed by atoms with E-state index in [4.69, 9.17) is 5.73 Å². The summed E-state index contributed by atoms with van der Waals surface area (Å²) in [7, 11) is 0. The molecule has 0 unspecified atom stereocenters. The summed E-state index contributed by atoms with van der Waals surface area (Å²) in [5.41, 5.74) is 7.85. The minimum atomic E-state index is 0.809. The number of rotatable bonds is 12. The van der Waals surface area contributed by atoms with Gasteiger partial charge in [-0.05, 0) is 50.1 Å². The van der Waals surface area contributed by atoms with Crippen LogP contribution in [0.2, 0.25) is 0 Å². The normalized spacial score (nSPS) is 11.2. The van der Waals surface area contributed by atoms with Crippen LogP contribution in [0, 0.1) is 5.92 Å². The van der Waals surface area contributed by atoms with Crippen molar-refractivity contribution in [2.24, 2.45) is 5.92 Å². The summed E-state index contributed by atoms with van der Waals surface area (Å²) in [4.78, 5) is 4.91. The molecule has 0 saturated heterocycles. The number of unbranched alkanes of at least 4 members (excludes halogenated alkanes) is 1. The summed E-state index contributed by atoms with van der Waals surface area (Å²) >= 11 is 0. The largest absolute Gasteiger partial charge is 0.399 e. The summed E-state index contributed by atoms with van der Waals surface area (Å²) in [5.74, 6) is 0.809.